The molecule has 1 atom stereocenters. The molecule has 136 valence electrons. The van der Waals surface area contributed by atoms with Gasteiger partial charge in [-0.2, -0.15) is 0 Å². The molecule has 2 amide bonds. The van der Waals surface area contributed by atoms with Gasteiger partial charge in [0, 0.05) is 25.6 Å². The number of aromatic nitrogens is 3. The van der Waals surface area contributed by atoms with E-state index in [1.807, 2.05) is 18.7 Å². The van der Waals surface area contributed by atoms with E-state index >= 15 is 0 Å². The van der Waals surface area contributed by atoms with Gasteiger partial charge in [-0.3, -0.25) is 9.59 Å². The Bertz CT molecular complexity index is 662. The average Bonchev–Trinajstić information content (AvgIpc) is 3.28. The van der Waals surface area contributed by atoms with Gasteiger partial charge in [-0.25, -0.2) is 0 Å². The van der Waals surface area contributed by atoms with Crippen LogP contribution in [0.5, 0.6) is 0 Å². The summed E-state index contributed by atoms with van der Waals surface area (Å²) in [5, 5.41) is 8.83. The minimum Gasteiger partial charge on any atom is -0.330 e. The third-order valence-corrected chi connectivity index (χ3v) is 5.45. The lowest BCUT2D eigenvalue weighted by Gasteiger charge is -2.35. The van der Waals surface area contributed by atoms with Crippen molar-refractivity contribution in [2.24, 2.45) is 0 Å². The van der Waals surface area contributed by atoms with Crippen LogP contribution in [0.15, 0.2) is 12.7 Å². The van der Waals surface area contributed by atoms with E-state index in [-0.39, 0.29) is 24.4 Å². The zero-order valence-electron chi connectivity index (χ0n) is 15.1. The molecule has 2 heterocycles. The Balaban J connectivity index is 1.73. The van der Waals surface area contributed by atoms with Crippen molar-refractivity contribution in [2.45, 2.75) is 58.0 Å². The topological polar surface area (TPSA) is 71.3 Å². The van der Waals surface area contributed by atoms with Crippen LogP contribution >= 0.6 is 0 Å². The van der Waals surface area contributed by atoms with Crippen molar-refractivity contribution >= 4 is 11.8 Å². The molecule has 3 rings (SSSR count). The second kappa shape index (κ2) is 7.37. The third-order valence-electron chi connectivity index (χ3n) is 5.45. The highest BCUT2D eigenvalue weighted by atomic mass is 16.2. The lowest BCUT2D eigenvalue weighted by atomic mass is 10.1. The first-order valence-electron chi connectivity index (χ1n) is 9.20. The molecule has 7 nitrogen and oxygen atoms in total. The molecule has 1 fully saturated rings. The van der Waals surface area contributed by atoms with Gasteiger partial charge >= 0.3 is 0 Å². The van der Waals surface area contributed by atoms with E-state index in [9.17, 15) is 9.59 Å². The summed E-state index contributed by atoms with van der Waals surface area (Å²) in [6.07, 6.45) is 6.14. The number of hydrogen-bond donors (Lipinski definition) is 0. The molecule has 0 bridgehead atoms. The number of carbonyl (C=O) groups excluding carboxylic acids is 2. The molecular formula is C18H27N5O2. The molecule has 1 unspecified atom stereocenters. The summed E-state index contributed by atoms with van der Waals surface area (Å²) in [5.74, 6) is 2.19. The zero-order chi connectivity index (χ0) is 18.0. The summed E-state index contributed by atoms with van der Waals surface area (Å²) in [4.78, 5) is 27.8. The first-order valence-corrected chi connectivity index (χ1v) is 9.20. The van der Waals surface area contributed by atoms with E-state index in [0.717, 1.165) is 18.2 Å². The highest BCUT2D eigenvalue weighted by Crippen LogP contribution is 2.35. The van der Waals surface area contributed by atoms with E-state index in [1.54, 1.807) is 0 Å². The van der Waals surface area contributed by atoms with Crippen LogP contribution in [0.4, 0.5) is 0 Å². The second-order valence-corrected chi connectivity index (χ2v) is 6.87. The minimum absolute atomic E-state index is 0.0544. The maximum absolute atomic E-state index is 12.7. The molecule has 1 aliphatic heterocycles. The van der Waals surface area contributed by atoms with E-state index in [0.29, 0.717) is 19.0 Å². The van der Waals surface area contributed by atoms with Gasteiger partial charge in [0.2, 0.25) is 11.8 Å². The molecular weight excluding hydrogens is 318 g/mol. The van der Waals surface area contributed by atoms with Gasteiger partial charge < -0.3 is 14.4 Å². The summed E-state index contributed by atoms with van der Waals surface area (Å²) in [6.45, 7) is 9.27. The van der Waals surface area contributed by atoms with Crippen LogP contribution in [0.2, 0.25) is 0 Å². The van der Waals surface area contributed by atoms with Crippen LogP contribution < -0.4 is 0 Å². The Kier molecular flexibility index (Phi) is 5.20. The van der Waals surface area contributed by atoms with Crippen molar-refractivity contribution in [1.29, 1.82) is 0 Å². The fourth-order valence-electron chi connectivity index (χ4n) is 3.96. The monoisotopic (exact) mass is 345 g/mol. The SMILES string of the molecule is C=CC(=O)N(CC)CC(=O)N1CCn2c(C3CCCC3)nnc2C1C. The van der Waals surface area contributed by atoms with Gasteiger partial charge in [-0.1, -0.05) is 19.4 Å². The molecule has 0 spiro atoms. The number of nitrogens with zero attached hydrogens (tertiary/aromatic N) is 5. The van der Waals surface area contributed by atoms with E-state index in [4.69, 9.17) is 0 Å². The number of fused-ring (bicyclic) bond motifs is 1. The average molecular weight is 345 g/mol. The molecule has 2 aliphatic rings. The summed E-state index contributed by atoms with van der Waals surface area (Å²) in [5.41, 5.74) is 0. The smallest absolute Gasteiger partial charge is 0.246 e. The van der Waals surface area contributed by atoms with Gasteiger partial charge in [-0.15, -0.1) is 10.2 Å². The van der Waals surface area contributed by atoms with Crippen molar-refractivity contribution in [3.63, 3.8) is 0 Å². The standard InChI is InChI=1S/C18H27N5O2/c1-4-15(24)21(5-2)12-16(25)22-10-11-23-17(13(22)3)19-20-18(23)14-8-6-7-9-14/h4,13-14H,1,5-12H2,2-3H3. The van der Waals surface area contributed by atoms with Crippen LogP contribution in [0.25, 0.3) is 0 Å². The Morgan fingerprint density at radius 3 is 2.56 bits per heavy atom. The molecule has 1 saturated carbocycles. The lowest BCUT2D eigenvalue weighted by Crippen LogP contribution is -2.47. The largest absolute Gasteiger partial charge is 0.330 e. The maximum Gasteiger partial charge on any atom is 0.246 e. The van der Waals surface area contributed by atoms with Crippen LogP contribution in [0.1, 0.15) is 63.1 Å². The van der Waals surface area contributed by atoms with Crippen molar-refractivity contribution in [3.8, 4) is 0 Å². The fraction of sp³-hybridized carbons (Fsp3) is 0.667. The quantitative estimate of drug-likeness (QED) is 0.764. The molecule has 0 saturated heterocycles. The number of carbonyl (C=O) groups is 2. The van der Waals surface area contributed by atoms with Crippen LogP contribution in [-0.2, 0) is 16.1 Å². The highest BCUT2D eigenvalue weighted by molar-refractivity contribution is 5.91. The van der Waals surface area contributed by atoms with Crippen LogP contribution in [-0.4, -0.2) is 56.0 Å². The first kappa shape index (κ1) is 17.6. The van der Waals surface area contributed by atoms with Gasteiger partial charge in [0.15, 0.2) is 5.82 Å². The van der Waals surface area contributed by atoms with Gasteiger partial charge in [0.25, 0.3) is 0 Å². The number of hydrogen-bond acceptors (Lipinski definition) is 4. The number of amides is 2. The van der Waals surface area contributed by atoms with Crippen molar-refractivity contribution in [2.75, 3.05) is 19.6 Å². The molecule has 0 N–H and O–H groups in total. The van der Waals surface area contributed by atoms with Gasteiger partial charge in [-0.05, 0) is 32.8 Å². The third kappa shape index (κ3) is 3.32. The zero-order valence-corrected chi connectivity index (χ0v) is 15.1. The lowest BCUT2D eigenvalue weighted by molar-refractivity contribution is -0.140. The Morgan fingerprint density at radius 1 is 1.24 bits per heavy atom. The Labute approximate surface area is 148 Å². The predicted octanol–water partition coefficient (Wildman–Crippen LogP) is 1.87. The molecule has 1 aliphatic carbocycles. The molecule has 1 aromatic rings. The molecule has 1 aromatic heterocycles. The molecule has 7 heteroatoms. The molecule has 0 aromatic carbocycles. The summed E-state index contributed by atoms with van der Waals surface area (Å²) in [6, 6.07) is -0.124. The van der Waals surface area contributed by atoms with Gasteiger partial charge in [0.05, 0.1) is 6.04 Å². The summed E-state index contributed by atoms with van der Waals surface area (Å²) in [7, 11) is 0. The van der Waals surface area contributed by atoms with Crippen molar-refractivity contribution in [3.05, 3.63) is 24.3 Å². The van der Waals surface area contributed by atoms with E-state index in [2.05, 4.69) is 21.3 Å². The van der Waals surface area contributed by atoms with Crippen molar-refractivity contribution < 1.29 is 9.59 Å². The number of likely N-dealkylation sites (N-methyl/N-ethyl adjacent to an activating group) is 1. The highest BCUT2D eigenvalue weighted by Gasteiger charge is 2.34. The second-order valence-electron chi connectivity index (χ2n) is 6.87. The number of rotatable bonds is 5. The minimum atomic E-state index is -0.216. The Hall–Kier alpha value is -2.18. The van der Waals surface area contributed by atoms with Crippen molar-refractivity contribution in [1.82, 2.24) is 24.6 Å². The van der Waals surface area contributed by atoms with Gasteiger partial charge in [0.1, 0.15) is 12.4 Å². The predicted molar refractivity (Wildman–Crippen MR) is 93.8 cm³/mol. The molecule has 25 heavy (non-hydrogen) atoms. The van der Waals surface area contributed by atoms with E-state index in [1.165, 1.54) is 36.7 Å². The summed E-state index contributed by atoms with van der Waals surface area (Å²) < 4.78 is 2.21. The first-order chi connectivity index (χ1) is 12.1. The summed E-state index contributed by atoms with van der Waals surface area (Å²) >= 11 is 0. The van der Waals surface area contributed by atoms with E-state index < -0.39 is 0 Å². The maximum atomic E-state index is 12.7. The fourth-order valence-corrected chi connectivity index (χ4v) is 3.96. The Morgan fingerprint density at radius 2 is 1.92 bits per heavy atom. The normalized spacial score (nSPS) is 20.4. The van der Waals surface area contributed by atoms with Crippen LogP contribution in [0, 0.1) is 0 Å². The molecule has 0 radical (unpaired) electrons. The van der Waals surface area contributed by atoms with Crippen LogP contribution in [0.3, 0.4) is 0 Å².